The maximum absolute atomic E-state index is 12.9. The van der Waals surface area contributed by atoms with Gasteiger partial charge in [0.2, 0.25) is 5.95 Å². The molecule has 0 radical (unpaired) electrons. The number of benzene rings is 2. The molecule has 172 valence electrons. The van der Waals surface area contributed by atoms with Gasteiger partial charge >= 0.3 is 0 Å². The van der Waals surface area contributed by atoms with Gasteiger partial charge in [0.15, 0.2) is 0 Å². The van der Waals surface area contributed by atoms with Crippen molar-refractivity contribution in [1.29, 1.82) is 0 Å². The molecule has 0 saturated heterocycles. The van der Waals surface area contributed by atoms with Gasteiger partial charge in [-0.15, -0.1) is 0 Å². The van der Waals surface area contributed by atoms with Crippen LogP contribution < -0.4 is 10.5 Å². The molecule has 0 spiro atoms. The van der Waals surface area contributed by atoms with Gasteiger partial charge in [-0.05, 0) is 43.0 Å². The predicted octanol–water partition coefficient (Wildman–Crippen LogP) is 4.09. The van der Waals surface area contributed by atoms with Crippen molar-refractivity contribution in [3.63, 3.8) is 0 Å². The minimum Gasteiger partial charge on any atom is -0.387 e. The number of rotatable bonds is 5. The van der Waals surface area contributed by atoms with Crippen LogP contribution in [-0.2, 0) is 6.54 Å². The summed E-state index contributed by atoms with van der Waals surface area (Å²) in [5.74, 6) is 0.553. The molecule has 0 fully saturated rings. The number of aliphatic hydroxyl groups is 1. The molecule has 7 nitrogen and oxygen atoms in total. The van der Waals surface area contributed by atoms with Gasteiger partial charge in [-0.25, -0.2) is 15.0 Å². The first-order chi connectivity index (χ1) is 16.4. The highest BCUT2D eigenvalue weighted by molar-refractivity contribution is 5.63. The third-order valence-electron chi connectivity index (χ3n) is 6.51. The minimum atomic E-state index is -0.741. The molecule has 2 aromatic carbocycles. The quantitative estimate of drug-likeness (QED) is 0.490. The molecule has 1 aliphatic rings. The Labute approximate surface area is 198 Å². The molecule has 1 atom stereocenters. The molecule has 0 bridgehead atoms. The van der Waals surface area contributed by atoms with Crippen LogP contribution in [0.5, 0.6) is 0 Å². The summed E-state index contributed by atoms with van der Waals surface area (Å²) in [6.07, 6.45) is 3.11. The molecule has 2 aromatic heterocycles. The van der Waals surface area contributed by atoms with E-state index in [2.05, 4.69) is 35.9 Å². The predicted molar refractivity (Wildman–Crippen MR) is 132 cm³/mol. The Balaban J connectivity index is 1.46. The number of anilines is 1. The molecule has 0 amide bonds. The van der Waals surface area contributed by atoms with Crippen LogP contribution in [0.15, 0.2) is 84.0 Å². The smallest absolute Gasteiger partial charge is 0.255 e. The van der Waals surface area contributed by atoms with E-state index in [1.165, 1.54) is 12.4 Å². The SMILES string of the molecule is CC1(C)CCn2c(nc(-c3ccncn3)cc2=O)N1C[C@@H](O)c1ccc(-c2ccccc2)cc1. The van der Waals surface area contributed by atoms with E-state index < -0.39 is 6.10 Å². The van der Waals surface area contributed by atoms with E-state index in [1.54, 1.807) is 16.8 Å². The minimum absolute atomic E-state index is 0.124. The van der Waals surface area contributed by atoms with E-state index in [0.29, 0.717) is 30.4 Å². The van der Waals surface area contributed by atoms with Crippen molar-refractivity contribution in [3.05, 3.63) is 95.2 Å². The van der Waals surface area contributed by atoms with Gasteiger partial charge in [0.25, 0.3) is 5.56 Å². The van der Waals surface area contributed by atoms with Crippen LogP contribution in [0.1, 0.15) is 31.9 Å². The van der Waals surface area contributed by atoms with Gasteiger partial charge in [-0.3, -0.25) is 9.36 Å². The summed E-state index contributed by atoms with van der Waals surface area (Å²) in [5.41, 5.74) is 3.74. The van der Waals surface area contributed by atoms with Gasteiger partial charge in [0.1, 0.15) is 6.33 Å². The van der Waals surface area contributed by atoms with E-state index in [4.69, 9.17) is 4.98 Å². The van der Waals surface area contributed by atoms with Crippen molar-refractivity contribution in [1.82, 2.24) is 19.5 Å². The maximum atomic E-state index is 12.9. The number of β-amino-alcohol motifs (C(OH)–C–C–N with tert-alkyl or cyclic N) is 1. The van der Waals surface area contributed by atoms with Crippen molar-refractivity contribution in [2.45, 2.75) is 38.5 Å². The van der Waals surface area contributed by atoms with Crippen LogP contribution in [0.3, 0.4) is 0 Å². The molecule has 1 N–H and O–H groups in total. The molecule has 0 aliphatic carbocycles. The Morgan fingerprint density at radius 1 is 1.00 bits per heavy atom. The van der Waals surface area contributed by atoms with E-state index in [9.17, 15) is 9.90 Å². The van der Waals surface area contributed by atoms with Crippen LogP contribution >= 0.6 is 0 Å². The van der Waals surface area contributed by atoms with Crippen molar-refractivity contribution in [2.75, 3.05) is 11.4 Å². The fourth-order valence-electron chi connectivity index (χ4n) is 4.41. The lowest BCUT2D eigenvalue weighted by atomic mass is 9.94. The number of nitrogens with zero attached hydrogens (tertiary/aromatic N) is 5. The van der Waals surface area contributed by atoms with Crippen molar-refractivity contribution >= 4 is 5.95 Å². The fourth-order valence-corrected chi connectivity index (χ4v) is 4.41. The fraction of sp³-hybridized carbons (Fsp3) is 0.259. The second kappa shape index (κ2) is 8.83. The standard InChI is InChI=1S/C27H27N5O2/c1-27(2)13-15-31-25(34)16-23(22-12-14-28-18-29-22)30-26(31)32(27)17-24(33)21-10-8-20(9-11-21)19-6-4-3-5-7-19/h3-12,14,16,18,24,33H,13,15,17H2,1-2H3/t24-/m1/s1. The summed E-state index contributed by atoms with van der Waals surface area (Å²) in [6.45, 7) is 5.13. The van der Waals surface area contributed by atoms with Gasteiger partial charge in [-0.2, -0.15) is 0 Å². The van der Waals surface area contributed by atoms with Gasteiger partial charge in [0.05, 0.1) is 24.0 Å². The van der Waals surface area contributed by atoms with Crippen molar-refractivity contribution < 1.29 is 5.11 Å². The second-order valence-electron chi connectivity index (χ2n) is 9.20. The molecular weight excluding hydrogens is 426 g/mol. The zero-order valence-electron chi connectivity index (χ0n) is 19.3. The van der Waals surface area contributed by atoms with Gasteiger partial charge in [0, 0.05) is 24.3 Å². The second-order valence-corrected chi connectivity index (χ2v) is 9.20. The first kappa shape index (κ1) is 22.0. The molecule has 0 unspecified atom stereocenters. The Morgan fingerprint density at radius 3 is 2.44 bits per heavy atom. The van der Waals surface area contributed by atoms with Crippen LogP contribution in [0.2, 0.25) is 0 Å². The third kappa shape index (κ3) is 4.22. The Morgan fingerprint density at radius 2 is 1.74 bits per heavy atom. The molecule has 3 heterocycles. The largest absolute Gasteiger partial charge is 0.387 e. The lowest BCUT2D eigenvalue weighted by Gasteiger charge is -2.45. The van der Waals surface area contributed by atoms with Crippen LogP contribution in [-0.4, -0.2) is 36.7 Å². The summed E-state index contributed by atoms with van der Waals surface area (Å²) in [4.78, 5) is 28.0. The summed E-state index contributed by atoms with van der Waals surface area (Å²) in [5, 5.41) is 11.2. The highest BCUT2D eigenvalue weighted by Crippen LogP contribution is 2.33. The zero-order chi connectivity index (χ0) is 23.7. The molecule has 34 heavy (non-hydrogen) atoms. The first-order valence-electron chi connectivity index (χ1n) is 11.4. The molecule has 1 aliphatic heterocycles. The lowest BCUT2D eigenvalue weighted by molar-refractivity contribution is 0.169. The normalized spacial score (nSPS) is 15.6. The molecule has 4 aromatic rings. The van der Waals surface area contributed by atoms with E-state index in [0.717, 1.165) is 23.1 Å². The van der Waals surface area contributed by atoms with Crippen LogP contribution in [0.25, 0.3) is 22.5 Å². The zero-order valence-corrected chi connectivity index (χ0v) is 19.3. The summed E-state index contributed by atoms with van der Waals surface area (Å²) < 4.78 is 1.68. The Hall–Kier alpha value is -3.84. The van der Waals surface area contributed by atoms with E-state index >= 15 is 0 Å². The third-order valence-corrected chi connectivity index (χ3v) is 6.51. The topological polar surface area (TPSA) is 84.1 Å². The van der Waals surface area contributed by atoms with Crippen molar-refractivity contribution in [2.24, 2.45) is 0 Å². The molecule has 0 saturated carbocycles. The average Bonchev–Trinajstić information content (AvgIpc) is 2.86. The highest BCUT2D eigenvalue weighted by atomic mass is 16.3. The summed E-state index contributed by atoms with van der Waals surface area (Å²) >= 11 is 0. The van der Waals surface area contributed by atoms with Crippen molar-refractivity contribution in [3.8, 4) is 22.5 Å². The molecule has 5 rings (SSSR count). The monoisotopic (exact) mass is 453 g/mol. The van der Waals surface area contributed by atoms with Gasteiger partial charge < -0.3 is 10.0 Å². The lowest BCUT2D eigenvalue weighted by Crippen LogP contribution is -2.53. The first-order valence-corrected chi connectivity index (χ1v) is 11.4. The Bertz CT molecular complexity index is 1340. The van der Waals surface area contributed by atoms with Crippen LogP contribution in [0, 0.1) is 0 Å². The summed E-state index contributed by atoms with van der Waals surface area (Å²) in [6, 6.07) is 21.4. The number of hydrogen-bond donors (Lipinski definition) is 1. The maximum Gasteiger partial charge on any atom is 0.255 e. The van der Waals surface area contributed by atoms with Gasteiger partial charge in [-0.1, -0.05) is 54.6 Å². The van der Waals surface area contributed by atoms with E-state index in [1.807, 2.05) is 47.4 Å². The summed E-state index contributed by atoms with van der Waals surface area (Å²) in [7, 11) is 0. The number of aromatic nitrogens is 4. The number of fused-ring (bicyclic) bond motifs is 1. The number of hydrogen-bond acceptors (Lipinski definition) is 6. The highest BCUT2D eigenvalue weighted by Gasteiger charge is 2.36. The van der Waals surface area contributed by atoms with Crippen LogP contribution in [0.4, 0.5) is 5.95 Å². The number of aliphatic hydroxyl groups excluding tert-OH is 1. The molecular formula is C27H27N5O2. The Kier molecular flexibility index (Phi) is 5.71. The molecule has 7 heteroatoms. The average molecular weight is 454 g/mol. The van der Waals surface area contributed by atoms with E-state index in [-0.39, 0.29) is 11.1 Å².